The van der Waals surface area contributed by atoms with Crippen LogP contribution in [-0.4, -0.2) is 7.11 Å². The van der Waals surface area contributed by atoms with Crippen LogP contribution in [0.1, 0.15) is 33.1 Å². The van der Waals surface area contributed by atoms with Gasteiger partial charge in [-0.25, -0.2) is 5.01 Å². The number of hydrogen-bond donors (Lipinski definition) is 1. The maximum atomic E-state index is 7.32. The van der Waals surface area contributed by atoms with Gasteiger partial charge in [-0.1, -0.05) is 36.2 Å². The minimum Gasteiger partial charge on any atom is -0.501 e. The van der Waals surface area contributed by atoms with Gasteiger partial charge in [0.05, 0.1) is 18.6 Å². The molecule has 1 aromatic rings. The summed E-state index contributed by atoms with van der Waals surface area (Å²) in [5, 5.41) is 5.64. The lowest BCUT2D eigenvalue weighted by molar-refractivity contribution is 0.281. The molecule has 0 amide bonds. The Morgan fingerprint density at radius 3 is 2.81 bits per heavy atom. The third-order valence-electron chi connectivity index (χ3n) is 2.90. The van der Waals surface area contributed by atoms with Crippen molar-refractivity contribution >= 4 is 17.3 Å². The number of nitrogens with zero attached hydrogens (tertiary/aromatic N) is 2. The van der Waals surface area contributed by atoms with Crippen LogP contribution in [0.5, 0.6) is 0 Å². The molecule has 0 heterocycles. The quantitative estimate of drug-likeness (QED) is 0.379. The topological polar surface area (TPSA) is 48.7 Å². The smallest absolute Gasteiger partial charge is 0.0956 e. The summed E-state index contributed by atoms with van der Waals surface area (Å²) in [6.45, 7) is 4.12. The Bertz CT molecular complexity index is 526. The van der Waals surface area contributed by atoms with Crippen LogP contribution in [0.4, 0.5) is 5.69 Å². The second-order valence-electron chi connectivity index (χ2n) is 4.74. The Hall–Kier alpha value is -1.81. The minimum absolute atomic E-state index is 0.618. The molecule has 0 radical (unpaired) electrons. The predicted molar refractivity (Wildman–Crippen MR) is 87.5 cm³/mol. The van der Waals surface area contributed by atoms with Crippen molar-refractivity contribution in [1.29, 1.82) is 5.53 Å². The molecule has 114 valence electrons. The van der Waals surface area contributed by atoms with E-state index in [-0.39, 0.29) is 0 Å². The lowest BCUT2D eigenvalue weighted by Gasteiger charge is -2.14. The Morgan fingerprint density at radius 1 is 1.48 bits per heavy atom. The van der Waals surface area contributed by atoms with Crippen molar-refractivity contribution in [3.05, 3.63) is 52.9 Å². The average molecular weight is 308 g/mol. The van der Waals surface area contributed by atoms with Crippen molar-refractivity contribution in [2.75, 3.05) is 12.1 Å². The van der Waals surface area contributed by atoms with Gasteiger partial charge in [0.1, 0.15) is 0 Å². The summed E-state index contributed by atoms with van der Waals surface area (Å²) in [4.78, 5) is 0. The first-order valence-electron chi connectivity index (χ1n) is 6.93. The van der Waals surface area contributed by atoms with Crippen molar-refractivity contribution < 1.29 is 4.74 Å². The van der Waals surface area contributed by atoms with Gasteiger partial charge in [0.25, 0.3) is 0 Å². The van der Waals surface area contributed by atoms with Crippen molar-refractivity contribution in [1.82, 2.24) is 0 Å². The highest BCUT2D eigenvalue weighted by atomic mass is 35.5. The Labute approximate surface area is 131 Å². The number of unbranched alkanes of at least 4 members (excludes halogenated alkanes) is 1. The van der Waals surface area contributed by atoms with Crippen molar-refractivity contribution in [2.24, 2.45) is 5.22 Å². The minimum atomic E-state index is 0.618. The van der Waals surface area contributed by atoms with E-state index >= 15 is 0 Å². The SMILES string of the molecule is CCC/C=C(/C/C(C)=C/N(N=N)c1cccc(Cl)c1)OC. The molecule has 5 heteroatoms. The summed E-state index contributed by atoms with van der Waals surface area (Å²) < 4.78 is 5.37. The fourth-order valence-electron chi connectivity index (χ4n) is 1.84. The molecule has 21 heavy (non-hydrogen) atoms. The molecule has 1 N–H and O–H groups in total. The van der Waals surface area contributed by atoms with Gasteiger partial charge in [0.15, 0.2) is 0 Å². The van der Waals surface area contributed by atoms with Crippen LogP contribution in [0.3, 0.4) is 0 Å². The average Bonchev–Trinajstić information content (AvgIpc) is 2.49. The number of ether oxygens (including phenoxy) is 1. The van der Waals surface area contributed by atoms with E-state index in [4.69, 9.17) is 21.9 Å². The number of hydrogen-bond acceptors (Lipinski definition) is 3. The molecule has 0 spiro atoms. The van der Waals surface area contributed by atoms with E-state index in [0.29, 0.717) is 11.4 Å². The van der Waals surface area contributed by atoms with Crippen LogP contribution >= 0.6 is 11.6 Å². The van der Waals surface area contributed by atoms with Crippen molar-refractivity contribution in [3.63, 3.8) is 0 Å². The van der Waals surface area contributed by atoms with Gasteiger partial charge < -0.3 is 4.74 Å². The highest BCUT2D eigenvalue weighted by molar-refractivity contribution is 6.30. The molecule has 0 saturated heterocycles. The van der Waals surface area contributed by atoms with Gasteiger partial charge in [0.2, 0.25) is 0 Å². The monoisotopic (exact) mass is 307 g/mol. The van der Waals surface area contributed by atoms with Crippen LogP contribution in [0.2, 0.25) is 5.02 Å². The highest BCUT2D eigenvalue weighted by Gasteiger charge is 2.05. The zero-order valence-corrected chi connectivity index (χ0v) is 13.5. The van der Waals surface area contributed by atoms with E-state index in [1.807, 2.05) is 25.3 Å². The Morgan fingerprint density at radius 2 is 2.24 bits per heavy atom. The van der Waals surface area contributed by atoms with Crippen LogP contribution in [0.25, 0.3) is 0 Å². The molecule has 0 aliphatic carbocycles. The van der Waals surface area contributed by atoms with E-state index < -0.39 is 0 Å². The molecule has 4 nitrogen and oxygen atoms in total. The lowest BCUT2D eigenvalue weighted by Crippen LogP contribution is -2.07. The number of methoxy groups -OCH3 is 1. The summed E-state index contributed by atoms with van der Waals surface area (Å²) in [7, 11) is 1.68. The first kappa shape index (κ1) is 17.2. The predicted octanol–water partition coefficient (Wildman–Crippen LogP) is 5.72. The van der Waals surface area contributed by atoms with E-state index in [1.165, 1.54) is 5.01 Å². The van der Waals surface area contributed by atoms with Gasteiger partial charge in [-0.2, -0.15) is 5.53 Å². The summed E-state index contributed by atoms with van der Waals surface area (Å²) in [6, 6.07) is 7.26. The number of allylic oxidation sites excluding steroid dienone is 2. The molecule has 0 fully saturated rings. The molecule has 0 bridgehead atoms. The van der Waals surface area contributed by atoms with E-state index in [0.717, 1.165) is 29.9 Å². The number of benzene rings is 1. The van der Waals surface area contributed by atoms with Crippen molar-refractivity contribution in [3.8, 4) is 0 Å². The van der Waals surface area contributed by atoms with E-state index in [9.17, 15) is 0 Å². The van der Waals surface area contributed by atoms with Gasteiger partial charge in [-0.3, -0.25) is 0 Å². The van der Waals surface area contributed by atoms with Gasteiger partial charge in [0, 0.05) is 17.6 Å². The molecular formula is C16H22ClN3O. The summed E-state index contributed by atoms with van der Waals surface area (Å²) >= 11 is 5.97. The molecule has 0 unspecified atom stereocenters. The third-order valence-corrected chi connectivity index (χ3v) is 3.13. The number of halogens is 1. The van der Waals surface area contributed by atoms with E-state index in [2.05, 4.69) is 18.2 Å². The number of rotatable bonds is 8. The summed E-state index contributed by atoms with van der Waals surface area (Å²) in [5.41, 5.74) is 9.13. The first-order chi connectivity index (χ1) is 10.1. The normalized spacial score (nSPS) is 12.2. The molecule has 0 aliphatic rings. The molecule has 1 aromatic carbocycles. The largest absolute Gasteiger partial charge is 0.501 e. The standard InChI is InChI=1S/C16H22ClN3O/c1-4-5-9-16(21-3)10-13(2)12-20(19-18)15-8-6-7-14(17)11-15/h6-9,11-12,18H,4-5,10H2,1-3H3/b13-12+,16-9-,19-18?. The van der Waals surface area contributed by atoms with Crippen LogP contribution < -0.4 is 5.01 Å². The molecule has 1 rings (SSSR count). The van der Waals surface area contributed by atoms with Gasteiger partial charge in [-0.05, 0) is 43.2 Å². The molecule has 0 aromatic heterocycles. The highest BCUT2D eigenvalue weighted by Crippen LogP contribution is 2.22. The maximum Gasteiger partial charge on any atom is 0.0956 e. The summed E-state index contributed by atoms with van der Waals surface area (Å²) in [5.74, 6) is 0.932. The fourth-order valence-corrected chi connectivity index (χ4v) is 2.03. The van der Waals surface area contributed by atoms with Gasteiger partial charge in [-0.15, -0.1) is 0 Å². The lowest BCUT2D eigenvalue weighted by atomic mass is 10.1. The molecule has 0 aliphatic heterocycles. The molecule has 0 saturated carbocycles. The summed E-state index contributed by atoms with van der Waals surface area (Å²) in [6.07, 6.45) is 6.70. The second-order valence-corrected chi connectivity index (χ2v) is 5.18. The molecule has 0 atom stereocenters. The van der Waals surface area contributed by atoms with Crippen LogP contribution in [0.15, 0.2) is 53.1 Å². The molecular weight excluding hydrogens is 286 g/mol. The van der Waals surface area contributed by atoms with Crippen LogP contribution in [-0.2, 0) is 4.74 Å². The Kier molecular flexibility index (Phi) is 7.54. The zero-order chi connectivity index (χ0) is 15.7. The van der Waals surface area contributed by atoms with Gasteiger partial charge >= 0.3 is 0 Å². The second kappa shape index (κ2) is 9.19. The number of anilines is 1. The van der Waals surface area contributed by atoms with Crippen LogP contribution in [0, 0.1) is 5.53 Å². The maximum absolute atomic E-state index is 7.32. The van der Waals surface area contributed by atoms with E-state index in [1.54, 1.807) is 19.2 Å². The first-order valence-corrected chi connectivity index (χ1v) is 7.31. The van der Waals surface area contributed by atoms with Crippen molar-refractivity contribution in [2.45, 2.75) is 33.1 Å². The number of nitrogens with one attached hydrogen (secondary N) is 1. The third kappa shape index (κ3) is 6.00. The zero-order valence-electron chi connectivity index (χ0n) is 12.8. The fraction of sp³-hybridized carbons (Fsp3) is 0.375. The Balaban J connectivity index is 2.85.